The molecule has 154 valence electrons. The fourth-order valence-corrected chi connectivity index (χ4v) is 4.03. The number of benzene rings is 2. The van der Waals surface area contributed by atoms with Crippen molar-refractivity contribution in [3.63, 3.8) is 0 Å². The first kappa shape index (κ1) is 20.5. The monoisotopic (exact) mass is 427 g/mol. The number of rotatable bonds is 6. The lowest BCUT2D eigenvalue weighted by Gasteiger charge is -2.05. The lowest BCUT2D eigenvalue weighted by molar-refractivity contribution is -0.112. The minimum absolute atomic E-state index is 0.0175. The van der Waals surface area contributed by atoms with Gasteiger partial charge in [0, 0.05) is 35.1 Å². The van der Waals surface area contributed by atoms with E-state index in [4.69, 9.17) is 0 Å². The van der Waals surface area contributed by atoms with E-state index in [2.05, 4.69) is 32.2 Å². The second kappa shape index (κ2) is 8.94. The molecule has 0 saturated heterocycles. The third kappa shape index (κ3) is 4.55. The lowest BCUT2D eigenvalue weighted by Crippen LogP contribution is -2.13. The Morgan fingerprint density at radius 1 is 1.16 bits per heavy atom. The van der Waals surface area contributed by atoms with Gasteiger partial charge in [-0.15, -0.1) is 10.2 Å². The number of para-hydroxylation sites is 1. The predicted octanol–water partition coefficient (Wildman–Crippen LogP) is 5.21. The number of hydrogen-bond acceptors (Lipinski definition) is 5. The van der Waals surface area contributed by atoms with E-state index < -0.39 is 5.91 Å². The molecule has 4 aromatic rings. The molecule has 7 heteroatoms. The average molecular weight is 428 g/mol. The van der Waals surface area contributed by atoms with Crippen molar-refractivity contribution in [3.05, 3.63) is 82.5 Å². The van der Waals surface area contributed by atoms with Crippen molar-refractivity contribution in [2.24, 2.45) is 0 Å². The number of nitrogens with zero attached hydrogens (tertiary/aromatic N) is 4. The molecule has 0 aliphatic rings. The number of fused-ring (bicyclic) bond motifs is 1. The summed E-state index contributed by atoms with van der Waals surface area (Å²) in [5.41, 5.74) is 3.05. The highest BCUT2D eigenvalue weighted by Crippen LogP contribution is 2.26. The summed E-state index contributed by atoms with van der Waals surface area (Å²) in [5, 5.41) is 22.6. The molecular formula is C24H21N5OS. The van der Waals surface area contributed by atoms with Gasteiger partial charge in [0.1, 0.15) is 16.6 Å². The van der Waals surface area contributed by atoms with Crippen molar-refractivity contribution in [1.82, 2.24) is 14.8 Å². The average Bonchev–Trinajstić information content (AvgIpc) is 3.38. The Labute approximate surface area is 184 Å². The number of hydrogen-bond donors (Lipinski definition) is 1. The maximum absolute atomic E-state index is 12.7. The van der Waals surface area contributed by atoms with Gasteiger partial charge in [0.2, 0.25) is 5.13 Å². The summed E-state index contributed by atoms with van der Waals surface area (Å²) in [6, 6.07) is 20.2. The molecule has 0 unspecified atom stereocenters. The summed E-state index contributed by atoms with van der Waals surface area (Å²) in [5.74, 6) is -0.265. The van der Waals surface area contributed by atoms with Crippen LogP contribution in [-0.4, -0.2) is 20.7 Å². The van der Waals surface area contributed by atoms with Gasteiger partial charge in [-0.2, -0.15) is 5.26 Å². The van der Waals surface area contributed by atoms with Crippen LogP contribution in [0.25, 0.3) is 17.0 Å². The standard InChI is InChI=1S/C24H21N5OS/c1-16(2)23-27-28-24(31-23)26-22(30)18(13-25)12-19-15-29(14-17-8-4-3-5-9-17)21-11-7-6-10-20(19)21/h3-12,15-16H,14H2,1-2H3,(H,26,28,30)/b18-12-. The van der Waals surface area contributed by atoms with Crippen LogP contribution < -0.4 is 5.32 Å². The fourth-order valence-electron chi connectivity index (χ4n) is 3.29. The topological polar surface area (TPSA) is 83.6 Å². The highest BCUT2D eigenvalue weighted by atomic mass is 32.1. The molecule has 2 aromatic carbocycles. The summed E-state index contributed by atoms with van der Waals surface area (Å²) in [7, 11) is 0. The Kier molecular flexibility index (Phi) is 5.92. The number of carbonyl (C=O) groups excluding carboxylic acids is 1. The first-order chi connectivity index (χ1) is 15.0. The van der Waals surface area contributed by atoms with Gasteiger partial charge in [0.25, 0.3) is 5.91 Å². The van der Waals surface area contributed by atoms with Gasteiger partial charge < -0.3 is 4.57 Å². The number of carbonyl (C=O) groups is 1. The van der Waals surface area contributed by atoms with Gasteiger partial charge in [-0.25, -0.2) is 0 Å². The van der Waals surface area contributed by atoms with Crippen LogP contribution >= 0.6 is 11.3 Å². The normalized spacial score (nSPS) is 11.6. The highest BCUT2D eigenvalue weighted by molar-refractivity contribution is 7.15. The third-order valence-electron chi connectivity index (χ3n) is 4.84. The van der Waals surface area contributed by atoms with Gasteiger partial charge in [0.05, 0.1) is 0 Å². The maximum atomic E-state index is 12.7. The number of amides is 1. The molecular weight excluding hydrogens is 406 g/mol. The summed E-state index contributed by atoms with van der Waals surface area (Å²) in [4.78, 5) is 12.7. The molecule has 6 nitrogen and oxygen atoms in total. The van der Waals surface area contributed by atoms with Crippen LogP contribution in [0.4, 0.5) is 5.13 Å². The Balaban J connectivity index is 1.65. The van der Waals surface area contributed by atoms with Crippen molar-refractivity contribution < 1.29 is 4.79 Å². The van der Waals surface area contributed by atoms with E-state index in [-0.39, 0.29) is 11.5 Å². The van der Waals surface area contributed by atoms with Crippen LogP contribution in [0.3, 0.4) is 0 Å². The molecule has 1 amide bonds. The molecule has 31 heavy (non-hydrogen) atoms. The highest BCUT2D eigenvalue weighted by Gasteiger charge is 2.15. The van der Waals surface area contributed by atoms with Crippen LogP contribution in [0.5, 0.6) is 0 Å². The molecule has 0 fully saturated rings. The Morgan fingerprint density at radius 3 is 2.61 bits per heavy atom. The second-order valence-electron chi connectivity index (χ2n) is 7.44. The summed E-state index contributed by atoms with van der Waals surface area (Å²) >= 11 is 1.32. The number of nitriles is 1. The molecule has 0 aliphatic carbocycles. The van der Waals surface area contributed by atoms with E-state index in [1.807, 2.05) is 68.6 Å². The third-order valence-corrected chi connectivity index (χ3v) is 5.97. The summed E-state index contributed by atoms with van der Waals surface area (Å²) < 4.78 is 2.13. The number of aromatic nitrogens is 3. The van der Waals surface area contributed by atoms with Crippen LogP contribution in [-0.2, 0) is 11.3 Å². The molecule has 0 spiro atoms. The molecule has 0 atom stereocenters. The number of nitrogens with one attached hydrogen (secondary N) is 1. The largest absolute Gasteiger partial charge is 0.342 e. The van der Waals surface area contributed by atoms with Crippen LogP contribution in [0, 0.1) is 11.3 Å². The zero-order valence-electron chi connectivity index (χ0n) is 17.2. The first-order valence-electron chi connectivity index (χ1n) is 9.93. The van der Waals surface area contributed by atoms with Gasteiger partial charge in [-0.05, 0) is 17.7 Å². The number of anilines is 1. The van der Waals surface area contributed by atoms with E-state index in [0.29, 0.717) is 11.7 Å². The van der Waals surface area contributed by atoms with Crippen molar-refractivity contribution in [3.8, 4) is 6.07 Å². The van der Waals surface area contributed by atoms with Crippen LogP contribution in [0.15, 0.2) is 66.4 Å². The van der Waals surface area contributed by atoms with Crippen molar-refractivity contribution >= 4 is 39.4 Å². The zero-order chi connectivity index (χ0) is 21.8. The smallest absolute Gasteiger partial charge is 0.268 e. The Morgan fingerprint density at radius 2 is 1.90 bits per heavy atom. The second-order valence-corrected chi connectivity index (χ2v) is 8.45. The Hall–Kier alpha value is -3.76. The van der Waals surface area contributed by atoms with E-state index in [1.165, 1.54) is 16.9 Å². The Bertz CT molecular complexity index is 1290. The molecule has 0 aliphatic heterocycles. The van der Waals surface area contributed by atoms with Gasteiger partial charge in [-0.1, -0.05) is 73.7 Å². The molecule has 1 N–H and O–H groups in total. The minimum atomic E-state index is -0.492. The quantitative estimate of drug-likeness (QED) is 0.338. The first-order valence-corrected chi connectivity index (χ1v) is 10.7. The summed E-state index contributed by atoms with van der Waals surface area (Å²) in [6.07, 6.45) is 3.60. The fraction of sp³-hybridized carbons (Fsp3) is 0.167. The molecule has 0 radical (unpaired) electrons. The predicted molar refractivity (Wildman–Crippen MR) is 124 cm³/mol. The van der Waals surface area contributed by atoms with E-state index in [0.717, 1.165) is 21.5 Å². The van der Waals surface area contributed by atoms with Crippen LogP contribution in [0.2, 0.25) is 0 Å². The minimum Gasteiger partial charge on any atom is -0.342 e. The van der Waals surface area contributed by atoms with E-state index in [9.17, 15) is 10.1 Å². The molecule has 4 rings (SSSR count). The molecule has 0 saturated carbocycles. The van der Waals surface area contributed by atoms with Crippen molar-refractivity contribution in [1.29, 1.82) is 5.26 Å². The van der Waals surface area contributed by atoms with Gasteiger partial charge in [0.15, 0.2) is 0 Å². The molecule has 2 aromatic heterocycles. The maximum Gasteiger partial charge on any atom is 0.268 e. The molecule has 0 bridgehead atoms. The zero-order valence-corrected chi connectivity index (χ0v) is 18.1. The lowest BCUT2D eigenvalue weighted by atomic mass is 10.1. The summed E-state index contributed by atoms with van der Waals surface area (Å²) in [6.45, 7) is 4.72. The van der Waals surface area contributed by atoms with Gasteiger partial charge >= 0.3 is 0 Å². The van der Waals surface area contributed by atoms with E-state index in [1.54, 1.807) is 6.08 Å². The van der Waals surface area contributed by atoms with Crippen molar-refractivity contribution in [2.45, 2.75) is 26.3 Å². The van der Waals surface area contributed by atoms with Crippen LogP contribution in [0.1, 0.15) is 35.9 Å². The van der Waals surface area contributed by atoms with Crippen molar-refractivity contribution in [2.75, 3.05) is 5.32 Å². The van der Waals surface area contributed by atoms with Gasteiger partial charge in [-0.3, -0.25) is 10.1 Å². The van der Waals surface area contributed by atoms with E-state index >= 15 is 0 Å². The SMILES string of the molecule is CC(C)c1nnc(NC(=O)/C(C#N)=C\c2cn(Cc3ccccc3)c3ccccc23)s1. The molecule has 2 heterocycles.